The topological polar surface area (TPSA) is 32.9 Å². The van der Waals surface area contributed by atoms with Crippen LogP contribution in [-0.4, -0.2) is 4.98 Å². The van der Waals surface area contributed by atoms with Gasteiger partial charge in [0.05, 0.1) is 3.57 Å². The van der Waals surface area contributed by atoms with E-state index in [2.05, 4.69) is 4.98 Å². The van der Waals surface area contributed by atoms with Crippen LogP contribution in [0.5, 0.6) is 0 Å². The van der Waals surface area contributed by atoms with Crippen LogP contribution in [0.1, 0.15) is 0 Å². The zero-order valence-corrected chi connectivity index (χ0v) is 6.18. The van der Waals surface area contributed by atoms with Crippen LogP contribution >= 0.6 is 22.6 Å². The number of halogens is 1. The first kappa shape index (κ1) is 5.81. The van der Waals surface area contributed by atoms with Gasteiger partial charge in [-0.25, -0.2) is 0 Å². The van der Waals surface area contributed by atoms with Gasteiger partial charge in [0.25, 0.3) is 0 Å². The molecule has 0 aliphatic carbocycles. The number of H-pyrrole nitrogens is 1. The van der Waals surface area contributed by atoms with Crippen LogP contribution in [0.4, 0.5) is 0 Å². The number of hydrogen-bond donors (Lipinski definition) is 1. The molecule has 0 amide bonds. The molecule has 1 rings (SSSR count). The molecule has 0 radical (unpaired) electrons. The molecule has 0 bridgehead atoms. The normalized spacial score (nSPS) is 9.12. The van der Waals surface area contributed by atoms with Gasteiger partial charge in [-0.05, 0) is 22.6 Å². The van der Waals surface area contributed by atoms with Crippen LogP contribution in [0.15, 0.2) is 23.3 Å². The minimum Gasteiger partial charge on any atom is -0.366 e. The lowest BCUT2D eigenvalue weighted by Crippen LogP contribution is -2.01. The van der Waals surface area contributed by atoms with Crippen molar-refractivity contribution in [3.05, 3.63) is 32.3 Å². The van der Waals surface area contributed by atoms with Crippen LogP contribution in [0.25, 0.3) is 0 Å². The molecule has 1 N–H and O–H groups in total. The van der Waals surface area contributed by atoms with Crippen molar-refractivity contribution in [2.75, 3.05) is 0 Å². The highest BCUT2D eigenvalue weighted by molar-refractivity contribution is 14.1. The van der Waals surface area contributed by atoms with E-state index < -0.39 is 0 Å². The Hall–Kier alpha value is -0.320. The molecule has 0 atom stereocenters. The van der Waals surface area contributed by atoms with E-state index in [0.717, 1.165) is 3.57 Å². The van der Waals surface area contributed by atoms with E-state index in [9.17, 15) is 4.79 Å². The van der Waals surface area contributed by atoms with Crippen molar-refractivity contribution in [2.24, 2.45) is 0 Å². The molecule has 0 spiro atoms. The summed E-state index contributed by atoms with van der Waals surface area (Å²) >= 11 is 1.98. The van der Waals surface area contributed by atoms with Crippen molar-refractivity contribution >= 4 is 22.6 Å². The summed E-state index contributed by atoms with van der Waals surface area (Å²) in [5.74, 6) is 0. The van der Waals surface area contributed by atoms with Gasteiger partial charge in [0.2, 0.25) is 0 Å². The third-order valence-corrected chi connectivity index (χ3v) is 1.62. The Morgan fingerprint density at radius 1 is 1.62 bits per heavy atom. The average molecular weight is 221 g/mol. The van der Waals surface area contributed by atoms with Crippen molar-refractivity contribution in [2.45, 2.75) is 0 Å². The third kappa shape index (κ3) is 1.09. The monoisotopic (exact) mass is 221 g/mol. The Labute approximate surface area is 60.1 Å². The van der Waals surface area contributed by atoms with E-state index in [1.165, 1.54) is 6.07 Å². The van der Waals surface area contributed by atoms with E-state index in [1.54, 1.807) is 12.4 Å². The van der Waals surface area contributed by atoms with Crippen molar-refractivity contribution < 1.29 is 0 Å². The van der Waals surface area contributed by atoms with Crippen LogP contribution in [-0.2, 0) is 0 Å². The highest BCUT2D eigenvalue weighted by Gasteiger charge is 1.86. The minimum absolute atomic E-state index is 0.0735. The van der Waals surface area contributed by atoms with Gasteiger partial charge in [-0.3, -0.25) is 4.79 Å². The summed E-state index contributed by atoms with van der Waals surface area (Å²) in [5.41, 5.74) is 0.0735. The predicted molar refractivity (Wildman–Crippen MR) is 39.8 cm³/mol. The van der Waals surface area contributed by atoms with Crippen molar-refractivity contribution in [3.63, 3.8) is 0 Å². The quantitative estimate of drug-likeness (QED) is 0.650. The number of rotatable bonds is 0. The van der Waals surface area contributed by atoms with Crippen LogP contribution < -0.4 is 5.43 Å². The number of aromatic nitrogens is 1. The Morgan fingerprint density at radius 3 is 2.75 bits per heavy atom. The molecule has 0 aromatic carbocycles. The van der Waals surface area contributed by atoms with Crippen LogP contribution in [0.3, 0.4) is 0 Å². The van der Waals surface area contributed by atoms with Crippen molar-refractivity contribution in [1.82, 2.24) is 4.98 Å². The predicted octanol–water partition coefficient (Wildman–Crippen LogP) is 0.980. The molecular weight excluding hydrogens is 217 g/mol. The van der Waals surface area contributed by atoms with Crippen LogP contribution in [0, 0.1) is 3.57 Å². The highest BCUT2D eigenvalue weighted by Crippen LogP contribution is 1.90. The fourth-order valence-electron chi connectivity index (χ4n) is 0.396. The maximum absolute atomic E-state index is 10.6. The SMILES string of the molecule is O=c1cc[nH]cc1I. The Morgan fingerprint density at radius 2 is 2.38 bits per heavy atom. The molecule has 3 heteroatoms. The molecule has 0 saturated heterocycles. The summed E-state index contributed by atoms with van der Waals surface area (Å²) < 4.78 is 0.727. The summed E-state index contributed by atoms with van der Waals surface area (Å²) in [6.45, 7) is 0. The number of hydrogen-bond acceptors (Lipinski definition) is 1. The van der Waals surface area contributed by atoms with Crippen LogP contribution in [0.2, 0.25) is 0 Å². The van der Waals surface area contributed by atoms with Crippen molar-refractivity contribution in [3.8, 4) is 0 Å². The fraction of sp³-hybridized carbons (Fsp3) is 0. The molecule has 0 unspecified atom stereocenters. The Bertz CT molecular complexity index is 230. The molecule has 0 aliphatic rings. The van der Waals surface area contributed by atoms with Gasteiger partial charge in [0.15, 0.2) is 5.43 Å². The third-order valence-electron chi connectivity index (χ3n) is 0.776. The van der Waals surface area contributed by atoms with Gasteiger partial charge >= 0.3 is 0 Å². The molecule has 1 heterocycles. The zero-order chi connectivity index (χ0) is 5.98. The molecule has 0 saturated carbocycles. The summed E-state index contributed by atoms with van der Waals surface area (Å²) in [6.07, 6.45) is 3.29. The van der Waals surface area contributed by atoms with Crippen molar-refractivity contribution in [1.29, 1.82) is 0 Å². The highest BCUT2D eigenvalue weighted by atomic mass is 127. The average Bonchev–Trinajstić information content (AvgIpc) is 1.77. The summed E-state index contributed by atoms with van der Waals surface area (Å²) in [7, 11) is 0. The lowest BCUT2D eigenvalue weighted by molar-refractivity contribution is 1.28. The van der Waals surface area contributed by atoms with E-state index >= 15 is 0 Å². The first-order chi connectivity index (χ1) is 3.80. The largest absolute Gasteiger partial charge is 0.366 e. The van der Waals surface area contributed by atoms with Gasteiger partial charge < -0.3 is 4.98 Å². The van der Waals surface area contributed by atoms with E-state index in [-0.39, 0.29) is 5.43 Å². The van der Waals surface area contributed by atoms with E-state index in [1.807, 2.05) is 22.6 Å². The Balaban J connectivity index is 3.35. The molecule has 0 fully saturated rings. The molecule has 0 aliphatic heterocycles. The lowest BCUT2D eigenvalue weighted by Gasteiger charge is -1.82. The van der Waals surface area contributed by atoms with Gasteiger partial charge in [-0.2, -0.15) is 0 Å². The lowest BCUT2D eigenvalue weighted by atomic mass is 10.5. The summed E-state index contributed by atoms with van der Waals surface area (Å²) in [4.78, 5) is 13.4. The second-order valence-electron chi connectivity index (χ2n) is 1.36. The molecule has 42 valence electrons. The summed E-state index contributed by atoms with van der Waals surface area (Å²) in [5, 5.41) is 0. The minimum atomic E-state index is 0.0735. The second kappa shape index (κ2) is 2.30. The molecule has 1 aromatic heterocycles. The number of nitrogens with one attached hydrogen (secondary N) is 1. The zero-order valence-electron chi connectivity index (χ0n) is 4.02. The van der Waals surface area contributed by atoms with Gasteiger partial charge in [-0.1, -0.05) is 0 Å². The smallest absolute Gasteiger partial charge is 0.194 e. The van der Waals surface area contributed by atoms with E-state index in [0.29, 0.717) is 0 Å². The first-order valence-electron chi connectivity index (χ1n) is 2.13. The Kier molecular flexibility index (Phi) is 1.67. The van der Waals surface area contributed by atoms with Gasteiger partial charge in [-0.15, -0.1) is 0 Å². The summed E-state index contributed by atoms with van der Waals surface area (Å²) in [6, 6.07) is 1.50. The fourth-order valence-corrected chi connectivity index (χ4v) is 0.755. The second-order valence-corrected chi connectivity index (χ2v) is 2.52. The maximum atomic E-state index is 10.6. The number of aromatic amines is 1. The molecule has 1 aromatic rings. The maximum Gasteiger partial charge on any atom is 0.194 e. The van der Waals surface area contributed by atoms with Gasteiger partial charge in [0.1, 0.15) is 0 Å². The number of pyridine rings is 1. The molecular formula is C5H4INO. The molecule has 2 nitrogen and oxygen atoms in total. The van der Waals surface area contributed by atoms with Gasteiger partial charge in [0, 0.05) is 18.5 Å². The first-order valence-corrected chi connectivity index (χ1v) is 3.21. The molecule has 8 heavy (non-hydrogen) atoms. The van der Waals surface area contributed by atoms with E-state index in [4.69, 9.17) is 0 Å². The standard InChI is InChI=1S/C5H4INO/c6-4-3-7-2-1-5(4)8/h1-3H,(H,7,8).